The normalized spacial score (nSPS) is 29.8. The first-order chi connectivity index (χ1) is 20.1. The number of amides is 3. The van der Waals surface area contributed by atoms with Gasteiger partial charge in [-0.3, -0.25) is 19.4 Å². The van der Waals surface area contributed by atoms with Gasteiger partial charge in [-0.05, 0) is 74.1 Å². The Morgan fingerprint density at radius 2 is 2.07 bits per heavy atom. The predicted molar refractivity (Wildman–Crippen MR) is 152 cm³/mol. The van der Waals surface area contributed by atoms with Gasteiger partial charge in [-0.25, -0.2) is 9.89 Å². The van der Waals surface area contributed by atoms with Gasteiger partial charge in [0.25, 0.3) is 0 Å². The molecule has 4 unspecified atom stereocenters. The summed E-state index contributed by atoms with van der Waals surface area (Å²) >= 11 is 0. The molecule has 3 amide bonds. The van der Waals surface area contributed by atoms with Crippen molar-refractivity contribution in [3.8, 4) is 6.07 Å². The molecule has 2 fully saturated rings. The second-order valence-corrected chi connectivity index (χ2v) is 12.0. The summed E-state index contributed by atoms with van der Waals surface area (Å²) in [5.74, 6) is -0.696. The number of allylic oxidation sites excluding steroid dienone is 2. The number of nitrogens with two attached hydrogens (primary N) is 2. The van der Waals surface area contributed by atoms with Crippen LogP contribution >= 0.6 is 0 Å². The highest BCUT2D eigenvalue weighted by atomic mass is 16.2. The van der Waals surface area contributed by atoms with Crippen LogP contribution in [0.4, 0.5) is 0 Å². The number of aromatic nitrogens is 3. The summed E-state index contributed by atoms with van der Waals surface area (Å²) in [5, 5.41) is 19.9. The van der Waals surface area contributed by atoms with E-state index in [0.717, 1.165) is 24.0 Å². The van der Waals surface area contributed by atoms with Gasteiger partial charge in [0.05, 0.1) is 18.0 Å². The van der Waals surface area contributed by atoms with Crippen LogP contribution in [0.2, 0.25) is 0 Å². The van der Waals surface area contributed by atoms with Crippen LogP contribution in [-0.2, 0) is 21.4 Å². The highest BCUT2D eigenvalue weighted by Crippen LogP contribution is 2.52. The minimum absolute atomic E-state index is 0.0683. The van der Waals surface area contributed by atoms with Gasteiger partial charge in [-0.15, -0.1) is 0 Å². The fourth-order valence-electron chi connectivity index (χ4n) is 7.54. The Morgan fingerprint density at radius 3 is 2.76 bits per heavy atom. The Hall–Kier alpha value is -4.50. The SMILES string of the molecule is C[C@@H](CC1(c2n[nH]c(=O)[nH]2)c2ccc(C(N)=O)cc2CCC2C=C(C(N)=O)C=CC21)NCC(=O)N1C(C#N)C[C@@H]2C[C@@H]21. The Morgan fingerprint density at radius 1 is 1.26 bits per heavy atom. The minimum Gasteiger partial charge on any atom is -0.366 e. The van der Waals surface area contributed by atoms with E-state index in [-0.39, 0.29) is 42.4 Å². The van der Waals surface area contributed by atoms with Gasteiger partial charge in [0.1, 0.15) is 11.9 Å². The zero-order valence-corrected chi connectivity index (χ0v) is 23.3. The third kappa shape index (κ3) is 4.63. The summed E-state index contributed by atoms with van der Waals surface area (Å²) in [6.45, 7) is 2.04. The number of fused-ring (bicyclic) bond motifs is 3. The fourth-order valence-corrected chi connectivity index (χ4v) is 7.54. The van der Waals surface area contributed by atoms with Gasteiger partial charge in [-0.2, -0.15) is 10.4 Å². The van der Waals surface area contributed by atoms with E-state index in [2.05, 4.69) is 26.6 Å². The van der Waals surface area contributed by atoms with Gasteiger partial charge in [0, 0.05) is 29.1 Å². The van der Waals surface area contributed by atoms with Crippen molar-refractivity contribution < 1.29 is 14.4 Å². The number of rotatable bonds is 8. The van der Waals surface area contributed by atoms with Crippen LogP contribution in [0.1, 0.15) is 59.9 Å². The predicted octanol–water partition coefficient (Wildman–Crippen LogP) is 0.524. The number of carbonyl (C=O) groups is 3. The largest absolute Gasteiger partial charge is 0.366 e. The average Bonchev–Trinajstić information content (AvgIpc) is 3.46. The number of carbonyl (C=O) groups excluding carboxylic acids is 3. The number of nitrogens with zero attached hydrogens (tertiary/aromatic N) is 3. The number of aryl methyl sites for hydroxylation is 1. The number of piperidine rings is 1. The number of nitriles is 1. The van der Waals surface area contributed by atoms with Gasteiger partial charge in [0.15, 0.2) is 0 Å². The summed E-state index contributed by atoms with van der Waals surface area (Å²) < 4.78 is 0. The molecule has 2 aromatic rings. The molecule has 3 aliphatic carbocycles. The molecule has 1 aliphatic heterocycles. The maximum atomic E-state index is 13.2. The topological polar surface area (TPSA) is 204 Å². The van der Waals surface area contributed by atoms with Crippen LogP contribution in [0.3, 0.4) is 0 Å². The van der Waals surface area contributed by atoms with E-state index in [1.54, 1.807) is 23.1 Å². The maximum absolute atomic E-state index is 13.2. The molecule has 0 bridgehead atoms. The second kappa shape index (κ2) is 10.4. The number of hydrogen-bond acceptors (Lipinski definition) is 7. The summed E-state index contributed by atoms with van der Waals surface area (Å²) in [5.41, 5.74) is 12.5. The van der Waals surface area contributed by atoms with Gasteiger partial charge >= 0.3 is 5.69 Å². The number of hydrogen-bond donors (Lipinski definition) is 5. The van der Waals surface area contributed by atoms with Crippen molar-refractivity contribution >= 4 is 17.7 Å². The Labute approximate surface area is 242 Å². The summed E-state index contributed by atoms with van der Waals surface area (Å²) in [6, 6.07) is 7.14. The third-order valence-corrected chi connectivity index (χ3v) is 9.50. The van der Waals surface area contributed by atoms with E-state index in [9.17, 15) is 24.4 Å². The molecular formula is C30H34N8O4. The molecule has 4 aliphatic rings. The third-order valence-electron chi connectivity index (χ3n) is 9.50. The Balaban J connectivity index is 1.39. The van der Waals surface area contributed by atoms with Crippen molar-refractivity contribution in [3.05, 3.63) is 75.0 Å². The van der Waals surface area contributed by atoms with Crippen LogP contribution < -0.4 is 22.5 Å². The van der Waals surface area contributed by atoms with E-state index in [1.165, 1.54) is 0 Å². The molecule has 218 valence electrons. The lowest BCUT2D eigenvalue weighted by Gasteiger charge is -2.43. The lowest BCUT2D eigenvalue weighted by Crippen LogP contribution is -2.48. The number of primary amides is 2. The van der Waals surface area contributed by atoms with Gasteiger partial charge in [-0.1, -0.05) is 24.3 Å². The van der Waals surface area contributed by atoms with Crippen molar-refractivity contribution in [2.75, 3.05) is 6.54 Å². The molecular weight excluding hydrogens is 536 g/mol. The monoisotopic (exact) mass is 570 g/mol. The Kier molecular flexibility index (Phi) is 6.85. The molecule has 6 rings (SSSR count). The molecule has 1 aromatic carbocycles. The zero-order valence-electron chi connectivity index (χ0n) is 23.3. The quantitative estimate of drug-likeness (QED) is 0.304. The van der Waals surface area contributed by atoms with Crippen LogP contribution in [0, 0.1) is 29.1 Å². The molecule has 1 aromatic heterocycles. The van der Waals surface area contributed by atoms with E-state index in [0.29, 0.717) is 42.1 Å². The maximum Gasteiger partial charge on any atom is 0.340 e. The molecule has 1 saturated heterocycles. The molecule has 12 nitrogen and oxygen atoms in total. The van der Waals surface area contributed by atoms with E-state index in [4.69, 9.17) is 11.5 Å². The zero-order chi connectivity index (χ0) is 29.8. The van der Waals surface area contributed by atoms with Crippen LogP contribution in [0.25, 0.3) is 0 Å². The smallest absolute Gasteiger partial charge is 0.340 e. The van der Waals surface area contributed by atoms with Crippen LogP contribution in [0.15, 0.2) is 46.8 Å². The number of benzene rings is 1. The van der Waals surface area contributed by atoms with Crippen molar-refractivity contribution in [2.24, 2.45) is 29.2 Å². The standard InChI is InChI=1S/C30H34N8O4/c1-15(34-14-25(39)38-21(13-31)10-20-11-24(20)38)12-30(28-35-29(42)37-36-28)22-6-4-18(26(32)40)8-16(22)2-3-17-9-19(27(33)41)5-7-23(17)30/h4-9,15-16,20-22,24,34H,2-3,10-12,14H2,1H3,(H2,32,40)(H2,33,41)(H2,35,36,37,42)/t15-,16?,20+,21?,22?,24-,30?/m0/s1. The highest BCUT2D eigenvalue weighted by molar-refractivity contribution is 5.95. The Bertz CT molecular complexity index is 1610. The van der Waals surface area contributed by atoms with Crippen molar-refractivity contribution in [3.63, 3.8) is 0 Å². The molecule has 0 spiro atoms. The van der Waals surface area contributed by atoms with E-state index in [1.807, 2.05) is 25.1 Å². The van der Waals surface area contributed by atoms with E-state index < -0.39 is 22.9 Å². The van der Waals surface area contributed by atoms with Crippen molar-refractivity contribution in [2.45, 2.75) is 62.6 Å². The molecule has 0 radical (unpaired) electrons. The first-order valence-electron chi connectivity index (χ1n) is 14.3. The highest BCUT2D eigenvalue weighted by Gasteiger charge is 2.54. The van der Waals surface area contributed by atoms with Crippen LogP contribution in [-0.4, -0.2) is 62.5 Å². The number of aromatic amines is 2. The number of likely N-dealkylation sites (tertiary alicyclic amines) is 1. The molecule has 42 heavy (non-hydrogen) atoms. The molecule has 2 heterocycles. The fraction of sp³-hybridized carbons (Fsp3) is 0.467. The molecule has 7 N–H and O–H groups in total. The van der Waals surface area contributed by atoms with Crippen molar-refractivity contribution in [1.29, 1.82) is 5.26 Å². The second-order valence-electron chi connectivity index (χ2n) is 12.0. The lowest BCUT2D eigenvalue weighted by molar-refractivity contribution is -0.131. The first-order valence-corrected chi connectivity index (χ1v) is 14.3. The molecule has 7 atom stereocenters. The minimum atomic E-state index is -0.915. The van der Waals surface area contributed by atoms with Crippen molar-refractivity contribution in [1.82, 2.24) is 25.4 Å². The van der Waals surface area contributed by atoms with E-state index >= 15 is 0 Å². The molecule has 1 saturated carbocycles. The van der Waals surface area contributed by atoms with Crippen LogP contribution in [0.5, 0.6) is 0 Å². The van der Waals surface area contributed by atoms with Gasteiger partial charge in [0.2, 0.25) is 17.7 Å². The summed E-state index contributed by atoms with van der Waals surface area (Å²) in [7, 11) is 0. The summed E-state index contributed by atoms with van der Waals surface area (Å²) in [6.07, 6.45) is 8.92. The lowest BCUT2D eigenvalue weighted by atomic mass is 9.61. The number of nitrogens with one attached hydrogen (secondary N) is 3. The first kappa shape index (κ1) is 27.7. The van der Waals surface area contributed by atoms with Gasteiger partial charge < -0.3 is 21.7 Å². The number of H-pyrrole nitrogens is 2. The molecule has 12 heteroatoms. The average molecular weight is 571 g/mol. The summed E-state index contributed by atoms with van der Waals surface area (Å²) in [4.78, 5) is 54.5.